The molecule has 1 aliphatic carbocycles. The molecule has 35 heavy (non-hydrogen) atoms. The first-order valence-corrected chi connectivity index (χ1v) is 13.4. The molecule has 1 aliphatic heterocycles. The number of piperazine rings is 1. The average molecular weight is 496 g/mol. The van der Waals surface area contributed by atoms with Crippen molar-refractivity contribution in [3.8, 4) is 0 Å². The Morgan fingerprint density at radius 1 is 0.971 bits per heavy atom. The van der Waals surface area contributed by atoms with Gasteiger partial charge in [-0.25, -0.2) is 13.4 Å². The summed E-state index contributed by atoms with van der Waals surface area (Å²) >= 11 is 0. The molecule has 5 rings (SSSR count). The lowest BCUT2D eigenvalue weighted by Crippen LogP contribution is -2.48. The molecule has 3 aromatic rings. The molecular formula is C25H29N5O4S. The number of aryl methyl sites for hydroxylation is 2. The van der Waals surface area contributed by atoms with Crippen LogP contribution >= 0.6 is 0 Å². The fourth-order valence-corrected chi connectivity index (χ4v) is 6.47. The monoisotopic (exact) mass is 495 g/mol. The van der Waals surface area contributed by atoms with Crippen LogP contribution in [-0.4, -0.2) is 59.3 Å². The minimum absolute atomic E-state index is 0.251. The number of hydrogen-bond donors (Lipinski definition) is 1. The summed E-state index contributed by atoms with van der Waals surface area (Å²) < 4.78 is 29.5. The number of para-hydroxylation sites is 1. The highest BCUT2D eigenvalue weighted by atomic mass is 32.2. The second-order valence-electron chi connectivity index (χ2n) is 9.22. The van der Waals surface area contributed by atoms with E-state index in [0.717, 1.165) is 31.2 Å². The molecule has 2 aliphatic rings. The van der Waals surface area contributed by atoms with Gasteiger partial charge in [0.25, 0.3) is 5.56 Å². The minimum Gasteiger partial charge on any atom is -0.368 e. The van der Waals surface area contributed by atoms with Crippen LogP contribution in [0, 0.1) is 0 Å². The molecule has 0 radical (unpaired) electrons. The number of amides is 1. The molecule has 10 heteroatoms. The zero-order valence-electron chi connectivity index (χ0n) is 19.5. The Morgan fingerprint density at radius 2 is 1.69 bits per heavy atom. The van der Waals surface area contributed by atoms with Gasteiger partial charge in [-0.2, -0.15) is 4.31 Å². The maximum absolute atomic E-state index is 13.3. The minimum atomic E-state index is -3.58. The summed E-state index contributed by atoms with van der Waals surface area (Å²) in [5, 5.41) is 0.429. The number of primary amides is 1. The van der Waals surface area contributed by atoms with Crippen molar-refractivity contribution in [1.82, 2.24) is 18.8 Å². The van der Waals surface area contributed by atoms with Gasteiger partial charge in [0, 0.05) is 26.2 Å². The van der Waals surface area contributed by atoms with Gasteiger partial charge < -0.3 is 5.73 Å². The third kappa shape index (κ3) is 4.73. The third-order valence-corrected chi connectivity index (χ3v) is 8.80. The number of nitrogens with two attached hydrogens (primary N) is 1. The summed E-state index contributed by atoms with van der Waals surface area (Å²) in [5.74, 6) is -0.176. The Kier molecular flexibility index (Phi) is 6.43. The van der Waals surface area contributed by atoms with E-state index in [1.165, 1.54) is 14.4 Å². The molecule has 1 fully saturated rings. The summed E-state index contributed by atoms with van der Waals surface area (Å²) in [6, 6.07) is 12.5. The van der Waals surface area contributed by atoms with Crippen molar-refractivity contribution in [3.05, 3.63) is 69.8 Å². The van der Waals surface area contributed by atoms with Gasteiger partial charge in [0.15, 0.2) is 0 Å². The molecule has 0 unspecified atom stereocenters. The van der Waals surface area contributed by atoms with Crippen LogP contribution in [-0.2, 0) is 40.7 Å². The van der Waals surface area contributed by atoms with Gasteiger partial charge >= 0.3 is 0 Å². The third-order valence-electron chi connectivity index (χ3n) is 6.91. The number of carbonyl (C=O) groups is 1. The summed E-state index contributed by atoms with van der Waals surface area (Å²) in [7, 11) is -3.58. The van der Waals surface area contributed by atoms with Gasteiger partial charge in [-0.3, -0.25) is 19.1 Å². The van der Waals surface area contributed by atoms with Crippen LogP contribution in [0.5, 0.6) is 0 Å². The molecular weight excluding hydrogens is 466 g/mol. The Labute approximate surface area is 204 Å². The van der Waals surface area contributed by atoms with Gasteiger partial charge in [0.1, 0.15) is 12.4 Å². The van der Waals surface area contributed by atoms with Gasteiger partial charge in [-0.1, -0.05) is 18.2 Å². The molecule has 2 aromatic carbocycles. The molecule has 0 spiro atoms. The smallest absolute Gasteiger partial charge is 0.261 e. The largest absolute Gasteiger partial charge is 0.368 e. The molecule has 9 nitrogen and oxygen atoms in total. The molecule has 1 aromatic heterocycles. The predicted octanol–water partition coefficient (Wildman–Crippen LogP) is 1.27. The van der Waals surface area contributed by atoms with E-state index < -0.39 is 15.9 Å². The summed E-state index contributed by atoms with van der Waals surface area (Å²) in [4.78, 5) is 31.6. The van der Waals surface area contributed by atoms with Crippen LogP contribution in [0.25, 0.3) is 10.9 Å². The number of sulfonamides is 1. The van der Waals surface area contributed by atoms with Crippen LogP contribution in [0.4, 0.5) is 0 Å². The number of aromatic nitrogens is 2. The van der Waals surface area contributed by atoms with Crippen molar-refractivity contribution >= 4 is 26.8 Å². The molecule has 0 saturated carbocycles. The molecule has 2 heterocycles. The number of rotatable bonds is 6. The predicted molar refractivity (Wildman–Crippen MR) is 132 cm³/mol. The van der Waals surface area contributed by atoms with E-state index in [2.05, 4.69) is 4.98 Å². The zero-order valence-corrected chi connectivity index (χ0v) is 20.3. The number of hydrogen-bond acceptors (Lipinski definition) is 6. The number of nitrogens with zero attached hydrogens (tertiary/aromatic N) is 4. The van der Waals surface area contributed by atoms with Crippen LogP contribution < -0.4 is 11.3 Å². The van der Waals surface area contributed by atoms with Gasteiger partial charge in [0.05, 0.1) is 22.3 Å². The normalized spacial score (nSPS) is 17.4. The molecule has 0 atom stereocenters. The number of benzene rings is 2. The van der Waals surface area contributed by atoms with Crippen LogP contribution in [0.1, 0.15) is 29.8 Å². The van der Waals surface area contributed by atoms with Crippen molar-refractivity contribution in [2.45, 2.75) is 43.7 Å². The van der Waals surface area contributed by atoms with Gasteiger partial charge in [0.2, 0.25) is 15.9 Å². The van der Waals surface area contributed by atoms with E-state index in [1.54, 1.807) is 30.3 Å². The highest BCUT2D eigenvalue weighted by Crippen LogP contribution is 2.26. The molecule has 2 N–H and O–H groups in total. The summed E-state index contributed by atoms with van der Waals surface area (Å²) in [6.45, 7) is 1.73. The standard InChI is InChI=1S/C25H29N5O4S/c26-23(31)16-30-24(27-22-8-4-3-7-21(22)25(30)32)17-28-11-13-29(14-12-28)35(33,34)20-10-9-18-5-1-2-6-19(18)15-20/h3-4,7-10,15H,1-2,5-6,11-14,16-17H2,(H2,26,31). The number of fused-ring (bicyclic) bond motifs is 2. The quantitative estimate of drug-likeness (QED) is 0.550. The lowest BCUT2D eigenvalue weighted by Gasteiger charge is -2.34. The first kappa shape index (κ1) is 23.7. The average Bonchev–Trinajstić information content (AvgIpc) is 2.86. The summed E-state index contributed by atoms with van der Waals surface area (Å²) in [5.41, 5.74) is 8.04. The van der Waals surface area contributed by atoms with E-state index in [-0.39, 0.29) is 12.1 Å². The van der Waals surface area contributed by atoms with E-state index in [4.69, 9.17) is 5.73 Å². The van der Waals surface area contributed by atoms with Gasteiger partial charge in [-0.05, 0) is 61.1 Å². The molecule has 1 saturated heterocycles. The van der Waals surface area contributed by atoms with E-state index >= 15 is 0 Å². The van der Waals surface area contributed by atoms with Crippen LogP contribution in [0.3, 0.4) is 0 Å². The van der Waals surface area contributed by atoms with Crippen LogP contribution in [0.2, 0.25) is 0 Å². The maximum atomic E-state index is 13.3. The second kappa shape index (κ2) is 9.52. The van der Waals surface area contributed by atoms with Crippen molar-refractivity contribution in [2.75, 3.05) is 26.2 Å². The Hall–Kier alpha value is -3.08. The Bertz CT molecular complexity index is 1440. The second-order valence-corrected chi connectivity index (χ2v) is 11.2. The highest BCUT2D eigenvalue weighted by Gasteiger charge is 2.30. The molecule has 184 valence electrons. The fraction of sp³-hybridized carbons (Fsp3) is 0.400. The lowest BCUT2D eigenvalue weighted by molar-refractivity contribution is -0.118. The maximum Gasteiger partial charge on any atom is 0.261 e. The first-order valence-electron chi connectivity index (χ1n) is 11.9. The van der Waals surface area contributed by atoms with Crippen molar-refractivity contribution < 1.29 is 13.2 Å². The van der Waals surface area contributed by atoms with E-state index in [9.17, 15) is 18.0 Å². The zero-order chi connectivity index (χ0) is 24.6. The Morgan fingerprint density at radius 3 is 2.43 bits per heavy atom. The topological polar surface area (TPSA) is 119 Å². The molecule has 1 amide bonds. The van der Waals surface area contributed by atoms with Crippen molar-refractivity contribution in [3.63, 3.8) is 0 Å². The Balaban J connectivity index is 1.33. The SMILES string of the molecule is NC(=O)Cn1c(CN2CCN(S(=O)(=O)c3ccc4c(c3)CCCC4)CC2)nc2ccccc2c1=O. The van der Waals surface area contributed by atoms with Crippen molar-refractivity contribution in [1.29, 1.82) is 0 Å². The van der Waals surface area contributed by atoms with E-state index in [0.29, 0.717) is 54.3 Å². The summed E-state index contributed by atoms with van der Waals surface area (Å²) in [6.07, 6.45) is 4.19. The lowest BCUT2D eigenvalue weighted by atomic mass is 9.92. The molecule has 0 bridgehead atoms. The van der Waals surface area contributed by atoms with E-state index in [1.807, 2.05) is 17.0 Å². The van der Waals surface area contributed by atoms with Crippen molar-refractivity contribution in [2.24, 2.45) is 5.73 Å². The van der Waals surface area contributed by atoms with Crippen LogP contribution in [0.15, 0.2) is 52.2 Å². The highest BCUT2D eigenvalue weighted by molar-refractivity contribution is 7.89. The number of carbonyl (C=O) groups excluding carboxylic acids is 1. The first-order chi connectivity index (χ1) is 16.8. The van der Waals surface area contributed by atoms with Gasteiger partial charge in [-0.15, -0.1) is 0 Å². The fourth-order valence-electron chi connectivity index (χ4n) is 5.00.